The van der Waals surface area contributed by atoms with E-state index in [1.807, 2.05) is 66.7 Å². The van der Waals surface area contributed by atoms with E-state index in [0.717, 1.165) is 61.1 Å². The molecule has 0 radical (unpaired) electrons. The number of anilines is 2. The van der Waals surface area contributed by atoms with Crippen molar-refractivity contribution in [2.75, 3.05) is 17.4 Å². The second-order valence-corrected chi connectivity index (χ2v) is 14.6. The second-order valence-electron chi connectivity index (χ2n) is 14.6. The summed E-state index contributed by atoms with van der Waals surface area (Å²) >= 11 is 0. The first-order valence-electron chi connectivity index (χ1n) is 18.3. The van der Waals surface area contributed by atoms with E-state index in [9.17, 15) is 10.1 Å². The van der Waals surface area contributed by atoms with Gasteiger partial charge in [-0.15, -0.1) is 0 Å². The van der Waals surface area contributed by atoms with Gasteiger partial charge in [0.2, 0.25) is 5.72 Å². The standard InChI is InChI=1S/C44H54N4O3/c1-9-12-13-17-27-44(30-49,51-40-26-23-32(42(4,5)10-2)28-36(40)43(6,7)11-3)48-37-22-18-21-35-34(37)24-25-38(41(35)39(29-45)46-8)47-31-50-33-19-15-14-16-20-33/h14-16,18-26,28,30,39,47-48H,9-13,17,27,31H2,1-7H3. The number of hydrogen-bond donors (Lipinski definition) is 2. The lowest BCUT2D eigenvalue weighted by Crippen LogP contribution is -2.46. The zero-order chi connectivity index (χ0) is 37.1. The minimum absolute atomic E-state index is 0.00802. The molecule has 0 saturated heterocycles. The highest BCUT2D eigenvalue weighted by Crippen LogP contribution is 2.42. The summed E-state index contributed by atoms with van der Waals surface area (Å²) in [6.07, 6.45) is 7.18. The maximum Gasteiger partial charge on any atom is 0.334 e. The van der Waals surface area contributed by atoms with Gasteiger partial charge in [-0.1, -0.05) is 116 Å². The molecule has 0 spiro atoms. The Morgan fingerprint density at radius 1 is 0.863 bits per heavy atom. The molecular formula is C44H54N4O3. The summed E-state index contributed by atoms with van der Waals surface area (Å²) in [7, 11) is 0. The fourth-order valence-electron chi connectivity index (χ4n) is 6.26. The van der Waals surface area contributed by atoms with E-state index in [2.05, 4.69) is 82.1 Å². The molecule has 0 fully saturated rings. The van der Waals surface area contributed by atoms with Crippen molar-refractivity contribution in [2.24, 2.45) is 0 Å². The minimum atomic E-state index is -1.36. The fraction of sp³-hybridized carbons (Fsp3) is 0.432. The van der Waals surface area contributed by atoms with Crippen LogP contribution in [0.25, 0.3) is 15.6 Å². The number of aldehydes is 1. The smallest absolute Gasteiger partial charge is 0.334 e. The Labute approximate surface area is 305 Å². The maximum absolute atomic E-state index is 13.4. The first kappa shape index (κ1) is 38.8. The van der Waals surface area contributed by atoms with Crippen molar-refractivity contribution in [1.82, 2.24) is 0 Å². The molecule has 0 aliphatic heterocycles. The van der Waals surface area contributed by atoms with E-state index >= 15 is 0 Å². The number of hydrogen-bond acceptors (Lipinski definition) is 6. The Bertz CT molecular complexity index is 1840. The van der Waals surface area contributed by atoms with E-state index in [1.54, 1.807) is 0 Å². The molecule has 2 atom stereocenters. The van der Waals surface area contributed by atoms with Crippen LogP contribution in [-0.4, -0.2) is 18.7 Å². The van der Waals surface area contributed by atoms with Crippen molar-refractivity contribution in [2.45, 2.75) is 116 Å². The zero-order valence-corrected chi connectivity index (χ0v) is 31.4. The second kappa shape index (κ2) is 17.3. The lowest BCUT2D eigenvalue weighted by molar-refractivity contribution is -0.120. The van der Waals surface area contributed by atoms with Gasteiger partial charge in [-0.05, 0) is 71.4 Å². The number of benzene rings is 4. The van der Waals surface area contributed by atoms with Crippen LogP contribution in [-0.2, 0) is 15.6 Å². The van der Waals surface area contributed by atoms with E-state index in [-0.39, 0.29) is 17.6 Å². The molecule has 0 amide bonds. The third-order valence-electron chi connectivity index (χ3n) is 10.4. The summed E-state index contributed by atoms with van der Waals surface area (Å²) in [5.41, 5.74) is 2.64. The monoisotopic (exact) mass is 686 g/mol. The molecule has 7 heteroatoms. The molecule has 4 rings (SSSR count). The molecule has 268 valence electrons. The number of nitrogens with one attached hydrogen (secondary N) is 2. The quantitative estimate of drug-likeness (QED) is 0.0442. The number of rotatable bonds is 19. The van der Waals surface area contributed by atoms with Crippen molar-refractivity contribution >= 4 is 28.4 Å². The van der Waals surface area contributed by atoms with E-state index in [1.165, 1.54) is 5.56 Å². The highest BCUT2D eigenvalue weighted by atomic mass is 16.5. The molecule has 0 heterocycles. The van der Waals surface area contributed by atoms with Crippen molar-refractivity contribution < 1.29 is 14.3 Å². The molecule has 51 heavy (non-hydrogen) atoms. The molecular weight excluding hydrogens is 633 g/mol. The van der Waals surface area contributed by atoms with Gasteiger partial charge in [-0.25, -0.2) is 6.57 Å². The average molecular weight is 687 g/mol. The van der Waals surface area contributed by atoms with Crippen LogP contribution >= 0.6 is 0 Å². The van der Waals surface area contributed by atoms with Gasteiger partial charge in [0.25, 0.3) is 0 Å². The van der Waals surface area contributed by atoms with Crippen LogP contribution < -0.4 is 20.1 Å². The zero-order valence-electron chi connectivity index (χ0n) is 31.4. The van der Waals surface area contributed by atoms with Gasteiger partial charge in [0, 0.05) is 28.7 Å². The van der Waals surface area contributed by atoms with Crippen LogP contribution in [0.1, 0.15) is 116 Å². The summed E-state index contributed by atoms with van der Waals surface area (Å²) < 4.78 is 12.8. The van der Waals surface area contributed by atoms with Crippen molar-refractivity contribution in [3.05, 3.63) is 107 Å². The molecule has 0 aliphatic carbocycles. The number of nitrogens with zero attached hydrogens (tertiary/aromatic N) is 2. The molecule has 0 aromatic heterocycles. The van der Waals surface area contributed by atoms with Crippen molar-refractivity contribution in [3.8, 4) is 17.6 Å². The summed E-state index contributed by atoms with van der Waals surface area (Å²) in [5.74, 6) is 1.40. The van der Waals surface area contributed by atoms with Crippen LogP contribution in [0.3, 0.4) is 0 Å². The normalized spacial score (nSPS) is 13.4. The van der Waals surface area contributed by atoms with Gasteiger partial charge < -0.3 is 20.1 Å². The highest BCUT2D eigenvalue weighted by Gasteiger charge is 2.36. The maximum atomic E-state index is 13.4. The molecule has 0 saturated carbocycles. The number of carbonyl (C=O) groups excluding carboxylic acids is 1. The molecule has 4 aromatic carbocycles. The van der Waals surface area contributed by atoms with E-state index < -0.39 is 11.8 Å². The molecule has 7 nitrogen and oxygen atoms in total. The van der Waals surface area contributed by atoms with Gasteiger partial charge in [-0.3, -0.25) is 9.64 Å². The largest absolute Gasteiger partial charge is 0.473 e. The van der Waals surface area contributed by atoms with Crippen LogP contribution in [0.2, 0.25) is 0 Å². The Morgan fingerprint density at radius 3 is 2.25 bits per heavy atom. The Hall–Kier alpha value is -5.01. The Kier molecular flexibility index (Phi) is 13.1. The first-order valence-corrected chi connectivity index (χ1v) is 18.3. The van der Waals surface area contributed by atoms with Gasteiger partial charge in [-0.2, -0.15) is 5.26 Å². The minimum Gasteiger partial charge on any atom is -0.473 e. The molecule has 0 bridgehead atoms. The number of carbonyl (C=O) groups is 1. The van der Waals surface area contributed by atoms with Crippen LogP contribution in [0.5, 0.6) is 11.5 Å². The van der Waals surface area contributed by atoms with Gasteiger partial charge in [0.15, 0.2) is 19.1 Å². The van der Waals surface area contributed by atoms with Crippen molar-refractivity contribution in [3.63, 3.8) is 0 Å². The number of unbranched alkanes of at least 4 members (excludes halogenated alkanes) is 3. The topological polar surface area (TPSA) is 87.7 Å². The Balaban J connectivity index is 1.81. The predicted molar refractivity (Wildman–Crippen MR) is 209 cm³/mol. The van der Waals surface area contributed by atoms with Crippen LogP contribution in [0.4, 0.5) is 11.4 Å². The van der Waals surface area contributed by atoms with Gasteiger partial charge >= 0.3 is 6.04 Å². The molecule has 0 aliphatic rings. The molecule has 2 unspecified atom stereocenters. The predicted octanol–water partition coefficient (Wildman–Crippen LogP) is 11.5. The molecule has 4 aromatic rings. The number of ether oxygens (including phenoxy) is 2. The number of fused-ring (bicyclic) bond motifs is 1. The van der Waals surface area contributed by atoms with Crippen LogP contribution in [0.15, 0.2) is 78.9 Å². The summed E-state index contributed by atoms with van der Waals surface area (Å²) in [4.78, 5) is 17.1. The summed E-state index contributed by atoms with van der Waals surface area (Å²) in [6, 6.07) is 26.6. The fourth-order valence-corrected chi connectivity index (χ4v) is 6.26. The lowest BCUT2D eigenvalue weighted by atomic mass is 9.76. The van der Waals surface area contributed by atoms with Crippen molar-refractivity contribution in [1.29, 1.82) is 5.26 Å². The first-order chi connectivity index (χ1) is 24.5. The SMILES string of the molecule is [C-]#[N+]C(C#N)c1c(NCOc2ccccc2)ccc2c(NC(C=O)(CCCCCC)Oc3ccc(C(C)(C)CC)cc3C(C)(C)CC)cccc12. The number of para-hydroxylation sites is 1. The summed E-state index contributed by atoms with van der Waals surface area (Å²) in [5, 5.41) is 18.4. The Morgan fingerprint density at radius 2 is 1.61 bits per heavy atom. The third kappa shape index (κ3) is 9.21. The highest BCUT2D eigenvalue weighted by molar-refractivity contribution is 6.00. The number of nitriles is 1. The van der Waals surface area contributed by atoms with Crippen LogP contribution in [0, 0.1) is 17.9 Å². The van der Waals surface area contributed by atoms with Gasteiger partial charge in [0.1, 0.15) is 11.5 Å². The van der Waals surface area contributed by atoms with E-state index in [4.69, 9.17) is 16.0 Å². The average Bonchev–Trinajstić information content (AvgIpc) is 3.14. The molecule has 2 N–H and O–H groups in total. The summed E-state index contributed by atoms with van der Waals surface area (Å²) in [6.45, 7) is 23.5. The van der Waals surface area contributed by atoms with Gasteiger partial charge in [0.05, 0.1) is 5.56 Å². The third-order valence-corrected chi connectivity index (χ3v) is 10.4. The lowest BCUT2D eigenvalue weighted by Gasteiger charge is -2.36. The van der Waals surface area contributed by atoms with E-state index in [0.29, 0.717) is 34.9 Å².